The number of nitrogens with two attached hydrogens (primary N) is 1. The van der Waals surface area contributed by atoms with Crippen molar-refractivity contribution < 1.29 is 0 Å². The highest BCUT2D eigenvalue weighted by Gasteiger charge is 2.16. The van der Waals surface area contributed by atoms with Crippen molar-refractivity contribution in [2.45, 2.75) is 40.7 Å². The maximum Gasteiger partial charge on any atom is 0.223 e. The number of nitrogens with one attached hydrogen (secondary N) is 1. The number of hydrogen-bond acceptors (Lipinski definition) is 5. The number of aryl methyl sites for hydroxylation is 1. The second kappa shape index (κ2) is 9.65. The number of aromatic nitrogens is 4. The summed E-state index contributed by atoms with van der Waals surface area (Å²) < 4.78 is 1.95. The molecule has 3 heterocycles. The van der Waals surface area contributed by atoms with Gasteiger partial charge < -0.3 is 15.6 Å². The van der Waals surface area contributed by atoms with Crippen LogP contribution in [0.5, 0.6) is 0 Å². The SMILES string of the molecule is Cc1cnc(Cn2cc(C#CCCNCC(C)C)c3c(Cl)nc(N)nc32)c(C)c1Cl. The average molecular weight is 445 g/mol. The number of fused-ring (bicyclic) bond motifs is 1. The minimum Gasteiger partial charge on any atom is -0.368 e. The molecule has 158 valence electrons. The predicted octanol–water partition coefficient (Wildman–Crippen LogP) is 4.37. The normalized spacial score (nSPS) is 11.2. The van der Waals surface area contributed by atoms with Crippen LogP contribution < -0.4 is 11.1 Å². The van der Waals surface area contributed by atoms with Gasteiger partial charge in [0.25, 0.3) is 0 Å². The Balaban J connectivity index is 1.94. The maximum atomic E-state index is 6.41. The molecule has 0 saturated heterocycles. The molecule has 3 aromatic rings. The van der Waals surface area contributed by atoms with E-state index in [1.807, 2.05) is 24.6 Å². The molecule has 0 spiro atoms. The molecule has 6 nitrogen and oxygen atoms in total. The molecule has 3 rings (SSSR count). The van der Waals surface area contributed by atoms with E-state index in [0.717, 1.165) is 46.9 Å². The van der Waals surface area contributed by atoms with Crippen molar-refractivity contribution in [3.8, 4) is 11.8 Å². The molecular weight excluding hydrogens is 419 g/mol. The molecular formula is C22H26Cl2N6. The van der Waals surface area contributed by atoms with Crippen molar-refractivity contribution in [3.63, 3.8) is 0 Å². The molecule has 0 fully saturated rings. The smallest absolute Gasteiger partial charge is 0.223 e. The van der Waals surface area contributed by atoms with E-state index in [0.29, 0.717) is 28.6 Å². The summed E-state index contributed by atoms with van der Waals surface area (Å²) in [5.41, 5.74) is 10.00. The van der Waals surface area contributed by atoms with Gasteiger partial charge in [0.05, 0.1) is 23.2 Å². The van der Waals surface area contributed by atoms with Gasteiger partial charge in [0.15, 0.2) is 0 Å². The van der Waals surface area contributed by atoms with Crippen LogP contribution in [0.15, 0.2) is 12.4 Å². The Kier molecular flexibility index (Phi) is 7.19. The zero-order chi connectivity index (χ0) is 21.8. The van der Waals surface area contributed by atoms with Gasteiger partial charge in [-0.15, -0.1) is 0 Å². The fourth-order valence-corrected chi connectivity index (χ4v) is 3.58. The Morgan fingerprint density at radius 3 is 2.73 bits per heavy atom. The fourth-order valence-electron chi connectivity index (χ4n) is 3.15. The molecule has 30 heavy (non-hydrogen) atoms. The summed E-state index contributed by atoms with van der Waals surface area (Å²) in [7, 11) is 0. The molecule has 3 N–H and O–H groups in total. The summed E-state index contributed by atoms with van der Waals surface area (Å²) >= 11 is 12.8. The van der Waals surface area contributed by atoms with Gasteiger partial charge in [0, 0.05) is 30.4 Å². The van der Waals surface area contributed by atoms with E-state index in [9.17, 15) is 0 Å². The Morgan fingerprint density at radius 2 is 2.00 bits per heavy atom. The highest BCUT2D eigenvalue weighted by atomic mass is 35.5. The van der Waals surface area contributed by atoms with Gasteiger partial charge in [0.2, 0.25) is 5.95 Å². The third-order valence-corrected chi connectivity index (χ3v) is 5.59. The van der Waals surface area contributed by atoms with Gasteiger partial charge >= 0.3 is 0 Å². The van der Waals surface area contributed by atoms with E-state index >= 15 is 0 Å². The monoisotopic (exact) mass is 444 g/mol. The van der Waals surface area contributed by atoms with Crippen molar-refractivity contribution >= 4 is 40.2 Å². The quantitative estimate of drug-likeness (QED) is 0.335. The van der Waals surface area contributed by atoms with E-state index < -0.39 is 0 Å². The molecule has 0 amide bonds. The Hall–Kier alpha value is -2.33. The molecule has 0 radical (unpaired) electrons. The van der Waals surface area contributed by atoms with E-state index in [-0.39, 0.29) is 5.95 Å². The minimum absolute atomic E-state index is 0.121. The summed E-state index contributed by atoms with van der Waals surface area (Å²) in [6.45, 7) is 10.6. The molecule has 3 aromatic heterocycles. The number of nitrogen functional groups attached to an aromatic ring is 1. The summed E-state index contributed by atoms with van der Waals surface area (Å²) in [4.78, 5) is 13.1. The van der Waals surface area contributed by atoms with Gasteiger partial charge in [-0.1, -0.05) is 48.9 Å². The maximum absolute atomic E-state index is 6.41. The number of halogens is 2. The van der Waals surface area contributed by atoms with Crippen LogP contribution in [-0.2, 0) is 6.54 Å². The first-order valence-corrected chi connectivity index (χ1v) is 10.7. The third-order valence-electron chi connectivity index (χ3n) is 4.73. The van der Waals surface area contributed by atoms with Crippen molar-refractivity contribution in [1.29, 1.82) is 0 Å². The van der Waals surface area contributed by atoms with E-state index in [4.69, 9.17) is 28.9 Å². The van der Waals surface area contributed by atoms with E-state index in [2.05, 4.69) is 46.0 Å². The van der Waals surface area contributed by atoms with Crippen LogP contribution in [0.4, 0.5) is 5.95 Å². The van der Waals surface area contributed by atoms with Crippen LogP contribution in [0.2, 0.25) is 10.2 Å². The molecule has 0 unspecified atom stereocenters. The first kappa shape index (κ1) is 22.4. The largest absolute Gasteiger partial charge is 0.368 e. The molecule has 0 atom stereocenters. The molecule has 0 aromatic carbocycles. The lowest BCUT2D eigenvalue weighted by molar-refractivity contribution is 0.558. The Morgan fingerprint density at radius 1 is 1.23 bits per heavy atom. The van der Waals surface area contributed by atoms with Crippen molar-refractivity contribution in [1.82, 2.24) is 24.8 Å². The summed E-state index contributed by atoms with van der Waals surface area (Å²) in [6, 6.07) is 0. The van der Waals surface area contributed by atoms with Gasteiger partial charge in [-0.25, -0.2) is 4.98 Å². The second-order valence-corrected chi connectivity index (χ2v) is 8.45. The Labute approximate surface area is 187 Å². The molecule has 0 bridgehead atoms. The van der Waals surface area contributed by atoms with Crippen LogP contribution in [0.25, 0.3) is 11.0 Å². The number of rotatable bonds is 6. The van der Waals surface area contributed by atoms with Crippen molar-refractivity contribution in [2.24, 2.45) is 5.92 Å². The van der Waals surface area contributed by atoms with Gasteiger partial charge in [-0.05, 0) is 37.4 Å². The molecule has 8 heteroatoms. The number of pyridine rings is 1. The highest BCUT2D eigenvalue weighted by Crippen LogP contribution is 2.28. The first-order valence-electron chi connectivity index (χ1n) is 9.90. The van der Waals surface area contributed by atoms with E-state index in [1.54, 1.807) is 6.20 Å². The summed E-state index contributed by atoms with van der Waals surface area (Å²) in [5, 5.41) is 5.10. The number of nitrogens with zero attached hydrogens (tertiary/aromatic N) is 4. The lowest BCUT2D eigenvalue weighted by Gasteiger charge is -2.10. The topological polar surface area (TPSA) is 81.7 Å². The highest BCUT2D eigenvalue weighted by molar-refractivity contribution is 6.34. The average Bonchev–Trinajstić information content (AvgIpc) is 3.02. The van der Waals surface area contributed by atoms with Gasteiger partial charge in [-0.3, -0.25) is 4.98 Å². The van der Waals surface area contributed by atoms with Crippen LogP contribution in [0.3, 0.4) is 0 Å². The summed E-state index contributed by atoms with van der Waals surface area (Å²) in [5.74, 6) is 7.16. The van der Waals surface area contributed by atoms with Crippen LogP contribution >= 0.6 is 23.2 Å². The van der Waals surface area contributed by atoms with Crippen molar-refractivity contribution in [3.05, 3.63) is 45.0 Å². The van der Waals surface area contributed by atoms with Crippen LogP contribution in [0.1, 0.15) is 42.7 Å². The van der Waals surface area contributed by atoms with Crippen LogP contribution in [0, 0.1) is 31.6 Å². The lowest BCUT2D eigenvalue weighted by atomic mass is 10.1. The minimum atomic E-state index is 0.121. The first-order chi connectivity index (χ1) is 14.3. The summed E-state index contributed by atoms with van der Waals surface area (Å²) in [6.07, 6.45) is 4.44. The molecule has 0 aliphatic heterocycles. The molecule has 0 aliphatic rings. The zero-order valence-electron chi connectivity index (χ0n) is 17.7. The molecule has 0 saturated carbocycles. The van der Waals surface area contributed by atoms with Gasteiger partial charge in [-0.2, -0.15) is 4.98 Å². The lowest BCUT2D eigenvalue weighted by Crippen LogP contribution is -2.20. The third kappa shape index (κ3) is 5.04. The predicted molar refractivity (Wildman–Crippen MR) is 124 cm³/mol. The van der Waals surface area contributed by atoms with Gasteiger partial charge in [0.1, 0.15) is 10.8 Å². The second-order valence-electron chi connectivity index (χ2n) is 7.72. The Bertz CT molecular complexity index is 1120. The van der Waals surface area contributed by atoms with Crippen molar-refractivity contribution in [2.75, 3.05) is 18.8 Å². The molecule has 0 aliphatic carbocycles. The zero-order valence-corrected chi connectivity index (χ0v) is 19.2. The fraction of sp³-hybridized carbons (Fsp3) is 0.409. The van der Waals surface area contributed by atoms with Crippen LogP contribution in [-0.4, -0.2) is 32.6 Å². The number of anilines is 1. The number of hydrogen-bond donors (Lipinski definition) is 2. The van der Waals surface area contributed by atoms with E-state index in [1.165, 1.54) is 0 Å². The standard InChI is InChI=1S/C22H26Cl2N6/c1-13(2)9-26-8-6-5-7-16-11-30(21-18(16)20(24)28-22(25)29-21)12-17-15(4)19(23)14(3)10-27-17/h10-11,13,26H,6,8-9,12H2,1-4H3,(H2,25,28,29).